The van der Waals surface area contributed by atoms with Gasteiger partial charge in [0.1, 0.15) is 0 Å². The molecule has 25 heavy (non-hydrogen) atoms. The Morgan fingerprint density at radius 2 is 1.72 bits per heavy atom. The number of benzene rings is 1. The fraction of sp³-hybridized carbons (Fsp3) is 0.429. The van der Waals surface area contributed by atoms with Gasteiger partial charge in [0.15, 0.2) is 0 Å². The molecule has 2 amide bonds. The summed E-state index contributed by atoms with van der Waals surface area (Å²) in [6.45, 7) is -0.635. The molecule has 0 spiro atoms. The van der Waals surface area contributed by atoms with Crippen molar-refractivity contribution in [1.29, 1.82) is 0 Å². The minimum Gasteiger partial charge on any atom is -0.397 e. The van der Waals surface area contributed by atoms with E-state index in [1.54, 1.807) is 0 Å². The first kappa shape index (κ1) is 23.1. The van der Waals surface area contributed by atoms with Crippen LogP contribution in [0.4, 0.5) is 5.69 Å². The van der Waals surface area contributed by atoms with E-state index >= 15 is 0 Å². The van der Waals surface area contributed by atoms with E-state index in [9.17, 15) is 14.7 Å². The Hall–Kier alpha value is 0.0300. The molecule has 1 unspecified atom stereocenters. The third-order valence-electron chi connectivity index (χ3n) is 3.23. The summed E-state index contributed by atoms with van der Waals surface area (Å²) in [5.41, 5.74) is 6.93. The van der Waals surface area contributed by atoms with Crippen molar-refractivity contribution in [3.05, 3.63) is 21.8 Å². The van der Waals surface area contributed by atoms with E-state index in [4.69, 9.17) is 15.9 Å². The number of carbonyl (C=O) groups is 2. The molecule has 0 aliphatic rings. The summed E-state index contributed by atoms with van der Waals surface area (Å²) in [6.07, 6.45) is -1.06. The number of aliphatic hydroxyl groups excluding tert-OH is 3. The number of likely N-dealkylation sites (N-methyl/N-ethyl adjacent to an activating group) is 1. The van der Waals surface area contributed by atoms with E-state index in [0.717, 1.165) is 0 Å². The first-order valence-corrected chi connectivity index (χ1v) is 10.3. The Morgan fingerprint density at radius 1 is 1.16 bits per heavy atom. The molecule has 0 saturated carbocycles. The fourth-order valence-corrected chi connectivity index (χ4v) is 6.09. The molecule has 1 aromatic carbocycles. The maximum Gasteiger partial charge on any atom is 0.255 e. The first-order chi connectivity index (χ1) is 11.7. The molecule has 1 atom stereocenters. The van der Waals surface area contributed by atoms with Crippen molar-refractivity contribution in [3.8, 4) is 0 Å². The molecule has 0 aromatic heterocycles. The molecule has 0 aliphatic carbocycles. The fourth-order valence-electron chi connectivity index (χ4n) is 1.98. The highest BCUT2D eigenvalue weighted by Gasteiger charge is 2.28. The number of hydrogen-bond donors (Lipinski definition) is 5. The van der Waals surface area contributed by atoms with Crippen LogP contribution in [0.5, 0.6) is 0 Å². The van der Waals surface area contributed by atoms with Crippen LogP contribution in [0.3, 0.4) is 0 Å². The minimum absolute atomic E-state index is 0.0561. The summed E-state index contributed by atoms with van der Waals surface area (Å²) in [5.74, 6) is -0.848. The lowest BCUT2D eigenvalue weighted by Gasteiger charge is -2.23. The monoisotopic (exact) mass is 689 g/mol. The van der Waals surface area contributed by atoms with Gasteiger partial charge in [0.25, 0.3) is 11.8 Å². The van der Waals surface area contributed by atoms with Gasteiger partial charge in [0.2, 0.25) is 0 Å². The zero-order valence-electron chi connectivity index (χ0n) is 13.2. The standard InChI is InChI=1S/C14H18I3N3O5/c1-20(4-6(23)5-22)14(25)8-9(15)7(13(24)19-2-3-21)10(16)12(18)11(8)17/h6,21-23H,2-5,18H2,1H3,(H,19,24). The summed E-state index contributed by atoms with van der Waals surface area (Å²) < 4.78 is 1.48. The van der Waals surface area contributed by atoms with Crippen LogP contribution in [0.1, 0.15) is 20.7 Å². The van der Waals surface area contributed by atoms with Crippen LogP contribution >= 0.6 is 67.8 Å². The number of carbonyl (C=O) groups excluding carboxylic acids is 2. The summed E-state index contributed by atoms with van der Waals surface area (Å²) in [7, 11) is 1.49. The second-order valence-electron chi connectivity index (χ2n) is 5.11. The Balaban J connectivity index is 3.38. The van der Waals surface area contributed by atoms with Crippen molar-refractivity contribution in [2.45, 2.75) is 6.10 Å². The predicted octanol–water partition coefficient (Wildman–Crippen LogP) is 0.230. The molecule has 0 heterocycles. The molecular formula is C14H18I3N3O5. The zero-order valence-corrected chi connectivity index (χ0v) is 19.7. The Kier molecular flexibility index (Phi) is 9.58. The lowest BCUT2D eigenvalue weighted by atomic mass is 10.1. The van der Waals surface area contributed by atoms with Crippen molar-refractivity contribution in [2.75, 3.05) is 39.1 Å². The van der Waals surface area contributed by atoms with Crippen LogP contribution in [0.2, 0.25) is 0 Å². The summed E-state index contributed by atoms with van der Waals surface area (Å²) in [4.78, 5) is 26.4. The summed E-state index contributed by atoms with van der Waals surface area (Å²) in [6, 6.07) is 0. The maximum absolute atomic E-state index is 12.8. The average Bonchev–Trinajstić information content (AvgIpc) is 2.57. The third-order valence-corrected chi connectivity index (χ3v) is 6.55. The van der Waals surface area contributed by atoms with E-state index in [1.807, 2.05) is 67.8 Å². The molecule has 0 aliphatic heterocycles. The van der Waals surface area contributed by atoms with Crippen molar-refractivity contribution < 1.29 is 24.9 Å². The molecule has 1 aromatic rings. The van der Waals surface area contributed by atoms with Gasteiger partial charge in [-0.25, -0.2) is 0 Å². The molecular weight excluding hydrogens is 671 g/mol. The lowest BCUT2D eigenvalue weighted by molar-refractivity contribution is 0.0519. The number of halogens is 3. The highest BCUT2D eigenvalue weighted by atomic mass is 127. The van der Waals surface area contributed by atoms with Gasteiger partial charge in [-0.2, -0.15) is 0 Å². The second-order valence-corrected chi connectivity index (χ2v) is 8.34. The topological polar surface area (TPSA) is 136 Å². The van der Waals surface area contributed by atoms with Crippen molar-refractivity contribution in [3.63, 3.8) is 0 Å². The Bertz CT molecular complexity index is 672. The number of rotatable bonds is 7. The van der Waals surface area contributed by atoms with Gasteiger partial charge in [-0.1, -0.05) is 0 Å². The van der Waals surface area contributed by atoms with Gasteiger partial charge in [-0.05, 0) is 67.8 Å². The number of hydrogen-bond acceptors (Lipinski definition) is 6. The van der Waals surface area contributed by atoms with Crippen LogP contribution in [-0.2, 0) is 0 Å². The Labute approximate surface area is 185 Å². The number of amides is 2. The van der Waals surface area contributed by atoms with Gasteiger partial charge >= 0.3 is 0 Å². The molecule has 0 bridgehead atoms. The SMILES string of the molecule is CN(CC(O)CO)C(=O)c1c(I)c(N)c(I)c(C(=O)NCCO)c1I. The summed E-state index contributed by atoms with van der Waals surface area (Å²) >= 11 is 5.82. The molecule has 0 radical (unpaired) electrons. The number of aliphatic hydroxyl groups is 3. The number of nitrogens with two attached hydrogens (primary N) is 1. The van der Waals surface area contributed by atoms with Crippen LogP contribution in [0.15, 0.2) is 0 Å². The van der Waals surface area contributed by atoms with Gasteiger partial charge in [-0.3, -0.25) is 9.59 Å². The van der Waals surface area contributed by atoms with E-state index in [0.29, 0.717) is 16.4 Å². The van der Waals surface area contributed by atoms with Gasteiger partial charge < -0.3 is 31.3 Å². The van der Waals surface area contributed by atoms with Crippen LogP contribution in [-0.4, -0.2) is 71.5 Å². The zero-order chi connectivity index (χ0) is 19.3. The number of anilines is 1. The largest absolute Gasteiger partial charge is 0.397 e. The van der Waals surface area contributed by atoms with E-state index in [-0.39, 0.29) is 30.8 Å². The van der Waals surface area contributed by atoms with Gasteiger partial charge in [-0.15, -0.1) is 0 Å². The van der Waals surface area contributed by atoms with Crippen LogP contribution in [0.25, 0.3) is 0 Å². The molecule has 11 heteroatoms. The number of nitrogens with zero attached hydrogens (tertiary/aromatic N) is 1. The van der Waals surface area contributed by atoms with Crippen LogP contribution in [0, 0.1) is 10.7 Å². The second kappa shape index (κ2) is 10.4. The molecule has 0 saturated heterocycles. The Morgan fingerprint density at radius 3 is 2.24 bits per heavy atom. The molecule has 1 rings (SSSR count). The first-order valence-electron chi connectivity index (χ1n) is 7.06. The van der Waals surface area contributed by atoms with E-state index < -0.39 is 24.5 Å². The molecule has 0 fully saturated rings. The average molecular weight is 689 g/mol. The van der Waals surface area contributed by atoms with E-state index in [2.05, 4.69) is 5.32 Å². The van der Waals surface area contributed by atoms with Gasteiger partial charge in [0, 0.05) is 23.7 Å². The maximum atomic E-state index is 12.8. The normalized spacial score (nSPS) is 12.0. The predicted molar refractivity (Wildman–Crippen MR) is 118 cm³/mol. The summed E-state index contributed by atoms with van der Waals surface area (Å²) in [5, 5.41) is 29.9. The molecule has 8 nitrogen and oxygen atoms in total. The van der Waals surface area contributed by atoms with Crippen LogP contribution < -0.4 is 11.1 Å². The highest BCUT2D eigenvalue weighted by molar-refractivity contribution is 14.1. The molecule has 6 N–H and O–H groups in total. The number of nitrogen functional groups attached to an aromatic ring is 1. The lowest BCUT2D eigenvalue weighted by Crippen LogP contribution is -2.37. The molecule has 140 valence electrons. The highest BCUT2D eigenvalue weighted by Crippen LogP contribution is 2.34. The minimum atomic E-state index is -1.06. The quantitative estimate of drug-likeness (QED) is 0.206. The number of nitrogens with one attached hydrogen (secondary N) is 1. The van der Waals surface area contributed by atoms with Crippen molar-refractivity contribution in [2.24, 2.45) is 0 Å². The van der Waals surface area contributed by atoms with Gasteiger partial charge in [0.05, 0.1) is 43.3 Å². The third kappa shape index (κ3) is 5.50. The van der Waals surface area contributed by atoms with E-state index in [1.165, 1.54) is 11.9 Å². The smallest absolute Gasteiger partial charge is 0.255 e. The van der Waals surface area contributed by atoms with Crippen molar-refractivity contribution >= 4 is 85.3 Å². The van der Waals surface area contributed by atoms with Crippen molar-refractivity contribution in [1.82, 2.24) is 10.2 Å².